The molecule has 1 heterocycles. The molecule has 3 heteroatoms. The van der Waals surface area contributed by atoms with E-state index in [1.165, 1.54) is 0 Å². The normalized spacial score (nSPS) is 29.4. The van der Waals surface area contributed by atoms with Crippen LogP contribution in [-0.4, -0.2) is 41.0 Å². The fourth-order valence-corrected chi connectivity index (χ4v) is 2.00. The number of ether oxygens (including phenoxy) is 1. The molecular weight excluding hydrogens is 178 g/mol. The average molecular weight is 201 g/mol. The van der Waals surface area contributed by atoms with Crippen molar-refractivity contribution >= 4 is 0 Å². The molecule has 1 fully saturated rings. The SMILES string of the molecule is CCCC1OCC(C)(C)N1CC(C)O. The summed E-state index contributed by atoms with van der Waals surface area (Å²) in [6.07, 6.45) is 2.09. The van der Waals surface area contributed by atoms with Gasteiger partial charge in [0.1, 0.15) is 6.23 Å². The molecule has 2 unspecified atom stereocenters. The van der Waals surface area contributed by atoms with Crippen LogP contribution in [0.15, 0.2) is 0 Å². The first kappa shape index (κ1) is 12.0. The summed E-state index contributed by atoms with van der Waals surface area (Å²) in [4.78, 5) is 2.28. The Kier molecular flexibility index (Phi) is 3.93. The van der Waals surface area contributed by atoms with E-state index in [0.29, 0.717) is 6.54 Å². The number of β-amino-alcohol motifs (C(OH)–C–C–N with tert-alkyl or cyclic N) is 1. The third-order valence-electron chi connectivity index (χ3n) is 2.75. The summed E-state index contributed by atoms with van der Waals surface area (Å²) >= 11 is 0. The van der Waals surface area contributed by atoms with Gasteiger partial charge in [0.25, 0.3) is 0 Å². The first-order valence-corrected chi connectivity index (χ1v) is 5.54. The van der Waals surface area contributed by atoms with Gasteiger partial charge in [-0.15, -0.1) is 0 Å². The van der Waals surface area contributed by atoms with Gasteiger partial charge in [-0.1, -0.05) is 13.3 Å². The van der Waals surface area contributed by atoms with Gasteiger partial charge in [0.05, 0.1) is 12.7 Å². The fourth-order valence-electron chi connectivity index (χ4n) is 2.00. The molecule has 0 aromatic rings. The van der Waals surface area contributed by atoms with E-state index in [-0.39, 0.29) is 17.9 Å². The van der Waals surface area contributed by atoms with Crippen LogP contribution in [0.25, 0.3) is 0 Å². The topological polar surface area (TPSA) is 32.7 Å². The molecule has 1 aliphatic heterocycles. The predicted molar refractivity (Wildman–Crippen MR) is 57.1 cm³/mol. The highest BCUT2D eigenvalue weighted by molar-refractivity contribution is 4.89. The second-order valence-corrected chi connectivity index (χ2v) is 4.87. The molecule has 1 rings (SSSR count). The molecule has 0 aliphatic carbocycles. The van der Waals surface area contributed by atoms with Crippen molar-refractivity contribution in [3.8, 4) is 0 Å². The van der Waals surface area contributed by atoms with Crippen LogP contribution < -0.4 is 0 Å². The molecule has 1 aliphatic rings. The summed E-state index contributed by atoms with van der Waals surface area (Å²) in [6, 6.07) is 0. The molecular formula is C11H23NO2. The maximum absolute atomic E-state index is 9.43. The summed E-state index contributed by atoms with van der Waals surface area (Å²) in [5, 5.41) is 9.43. The zero-order valence-electron chi connectivity index (χ0n) is 9.79. The monoisotopic (exact) mass is 201 g/mol. The maximum Gasteiger partial charge on any atom is 0.111 e. The van der Waals surface area contributed by atoms with Crippen molar-refractivity contribution in [1.29, 1.82) is 0 Å². The summed E-state index contributed by atoms with van der Waals surface area (Å²) in [6.45, 7) is 9.81. The highest BCUT2D eigenvalue weighted by Crippen LogP contribution is 2.29. The molecule has 84 valence electrons. The smallest absolute Gasteiger partial charge is 0.111 e. The second kappa shape index (κ2) is 4.60. The van der Waals surface area contributed by atoms with Gasteiger partial charge in [-0.3, -0.25) is 4.90 Å². The minimum Gasteiger partial charge on any atom is -0.392 e. The van der Waals surface area contributed by atoms with Gasteiger partial charge in [0, 0.05) is 12.1 Å². The average Bonchev–Trinajstić information content (AvgIpc) is 2.31. The highest BCUT2D eigenvalue weighted by atomic mass is 16.5. The Morgan fingerprint density at radius 1 is 1.57 bits per heavy atom. The van der Waals surface area contributed by atoms with E-state index in [2.05, 4.69) is 25.7 Å². The first-order valence-electron chi connectivity index (χ1n) is 5.54. The second-order valence-electron chi connectivity index (χ2n) is 4.87. The molecule has 0 bridgehead atoms. The molecule has 0 saturated carbocycles. The Balaban J connectivity index is 2.61. The van der Waals surface area contributed by atoms with Crippen molar-refractivity contribution in [2.24, 2.45) is 0 Å². The van der Waals surface area contributed by atoms with Crippen molar-refractivity contribution in [3.63, 3.8) is 0 Å². The van der Waals surface area contributed by atoms with Gasteiger partial charge in [-0.05, 0) is 27.2 Å². The number of nitrogens with zero attached hydrogens (tertiary/aromatic N) is 1. The molecule has 0 radical (unpaired) electrons. The maximum atomic E-state index is 9.43. The van der Waals surface area contributed by atoms with E-state index in [1.54, 1.807) is 0 Å². The lowest BCUT2D eigenvalue weighted by molar-refractivity contribution is -0.00490. The Bertz CT molecular complexity index is 180. The molecule has 1 saturated heterocycles. The Labute approximate surface area is 87.1 Å². The lowest BCUT2D eigenvalue weighted by Crippen LogP contribution is -2.47. The number of hydrogen-bond donors (Lipinski definition) is 1. The summed E-state index contributed by atoms with van der Waals surface area (Å²) in [5.41, 5.74) is 0.0663. The van der Waals surface area contributed by atoms with Crippen LogP contribution in [0.2, 0.25) is 0 Å². The van der Waals surface area contributed by atoms with Crippen LogP contribution in [0.5, 0.6) is 0 Å². The predicted octanol–water partition coefficient (Wildman–Crippen LogP) is 1.60. The van der Waals surface area contributed by atoms with Gasteiger partial charge in [0.15, 0.2) is 0 Å². The third-order valence-corrected chi connectivity index (χ3v) is 2.75. The van der Waals surface area contributed by atoms with Gasteiger partial charge in [0.2, 0.25) is 0 Å². The van der Waals surface area contributed by atoms with Crippen LogP contribution in [0.1, 0.15) is 40.5 Å². The molecule has 1 N–H and O–H groups in total. The van der Waals surface area contributed by atoms with Crippen molar-refractivity contribution in [3.05, 3.63) is 0 Å². The van der Waals surface area contributed by atoms with E-state index >= 15 is 0 Å². The number of hydrogen-bond acceptors (Lipinski definition) is 3. The van der Waals surface area contributed by atoms with Crippen molar-refractivity contribution in [2.75, 3.05) is 13.2 Å². The van der Waals surface area contributed by atoms with Crippen molar-refractivity contribution < 1.29 is 9.84 Å². The Morgan fingerprint density at radius 2 is 2.21 bits per heavy atom. The molecule has 3 nitrogen and oxygen atoms in total. The van der Waals surface area contributed by atoms with E-state index in [9.17, 15) is 5.11 Å². The number of aliphatic hydroxyl groups is 1. The van der Waals surface area contributed by atoms with Gasteiger partial charge in [-0.2, -0.15) is 0 Å². The third kappa shape index (κ3) is 2.69. The molecule has 14 heavy (non-hydrogen) atoms. The van der Waals surface area contributed by atoms with Crippen LogP contribution in [0, 0.1) is 0 Å². The van der Waals surface area contributed by atoms with Crippen molar-refractivity contribution in [2.45, 2.75) is 58.4 Å². The van der Waals surface area contributed by atoms with Gasteiger partial charge in [-0.25, -0.2) is 0 Å². The molecule has 0 spiro atoms. The van der Waals surface area contributed by atoms with Gasteiger partial charge >= 0.3 is 0 Å². The van der Waals surface area contributed by atoms with E-state index in [4.69, 9.17) is 4.74 Å². The summed E-state index contributed by atoms with van der Waals surface area (Å²) < 4.78 is 5.74. The quantitative estimate of drug-likeness (QED) is 0.750. The van der Waals surface area contributed by atoms with Crippen molar-refractivity contribution in [1.82, 2.24) is 4.90 Å². The molecule has 0 aromatic carbocycles. The first-order chi connectivity index (χ1) is 6.47. The number of rotatable bonds is 4. The molecule has 0 aromatic heterocycles. The van der Waals surface area contributed by atoms with Crippen LogP contribution in [0.4, 0.5) is 0 Å². The van der Waals surface area contributed by atoms with Crippen LogP contribution in [-0.2, 0) is 4.74 Å². The minimum atomic E-state index is -0.282. The Hall–Kier alpha value is -0.120. The van der Waals surface area contributed by atoms with Crippen LogP contribution >= 0.6 is 0 Å². The standard InChI is InChI=1S/C11H23NO2/c1-5-6-10-12(7-9(2)13)11(3,4)8-14-10/h9-10,13H,5-8H2,1-4H3. The van der Waals surface area contributed by atoms with Gasteiger partial charge < -0.3 is 9.84 Å². The van der Waals surface area contributed by atoms with E-state index in [0.717, 1.165) is 19.4 Å². The van der Waals surface area contributed by atoms with E-state index in [1.807, 2.05) is 6.92 Å². The zero-order valence-corrected chi connectivity index (χ0v) is 9.79. The Morgan fingerprint density at radius 3 is 2.71 bits per heavy atom. The number of aliphatic hydroxyl groups excluding tert-OH is 1. The lowest BCUT2D eigenvalue weighted by Gasteiger charge is -2.34. The molecule has 0 amide bonds. The largest absolute Gasteiger partial charge is 0.392 e. The fraction of sp³-hybridized carbons (Fsp3) is 1.00. The summed E-state index contributed by atoms with van der Waals surface area (Å²) in [7, 11) is 0. The zero-order chi connectivity index (χ0) is 10.8. The van der Waals surface area contributed by atoms with E-state index < -0.39 is 0 Å². The summed E-state index contributed by atoms with van der Waals surface area (Å²) in [5.74, 6) is 0. The lowest BCUT2D eigenvalue weighted by atomic mass is 10.0. The molecule has 2 atom stereocenters. The minimum absolute atomic E-state index is 0.0663. The van der Waals surface area contributed by atoms with Crippen LogP contribution in [0.3, 0.4) is 0 Å². The highest BCUT2D eigenvalue weighted by Gasteiger charge is 2.39.